The van der Waals surface area contributed by atoms with Crippen molar-refractivity contribution in [1.82, 2.24) is 0 Å². The van der Waals surface area contributed by atoms with Crippen LogP contribution in [-0.2, 0) is 6.61 Å². The van der Waals surface area contributed by atoms with Crippen LogP contribution in [0.5, 0.6) is 0 Å². The van der Waals surface area contributed by atoms with Crippen LogP contribution in [0.2, 0.25) is 0 Å². The van der Waals surface area contributed by atoms with Crippen molar-refractivity contribution < 1.29 is 9.52 Å². The molecule has 1 N–H and O–H groups in total. The number of rotatable bonds is 1. The summed E-state index contributed by atoms with van der Waals surface area (Å²) in [5, 5.41) is 10.3. The fraction of sp³-hybridized carbons (Fsp3) is 0.0714. The van der Waals surface area contributed by atoms with Crippen molar-refractivity contribution in [2.24, 2.45) is 0 Å². The van der Waals surface area contributed by atoms with Gasteiger partial charge in [0.1, 0.15) is 11.2 Å². The maximum absolute atomic E-state index is 12.2. The van der Waals surface area contributed by atoms with Crippen molar-refractivity contribution in [3.8, 4) is 0 Å². The number of fused-ring (bicyclic) bond motifs is 2. The highest BCUT2D eigenvalue weighted by atomic mass is 16.3. The molecule has 0 saturated carbocycles. The van der Waals surface area contributed by atoms with Crippen LogP contribution in [0.1, 0.15) is 5.56 Å². The van der Waals surface area contributed by atoms with Crippen LogP contribution in [0.25, 0.3) is 21.9 Å². The second-order valence-electron chi connectivity index (χ2n) is 3.88. The topological polar surface area (TPSA) is 50.4 Å². The van der Waals surface area contributed by atoms with Crippen molar-refractivity contribution in [2.45, 2.75) is 6.61 Å². The summed E-state index contributed by atoms with van der Waals surface area (Å²) in [5.41, 5.74) is 1.59. The molecule has 17 heavy (non-hydrogen) atoms. The molecule has 1 aromatic heterocycles. The van der Waals surface area contributed by atoms with Gasteiger partial charge in [-0.3, -0.25) is 4.79 Å². The van der Waals surface area contributed by atoms with Crippen LogP contribution in [0.15, 0.2) is 51.7 Å². The van der Waals surface area contributed by atoms with Crippen LogP contribution in [0.4, 0.5) is 0 Å². The number of aliphatic hydroxyl groups is 1. The van der Waals surface area contributed by atoms with Crippen LogP contribution < -0.4 is 5.43 Å². The van der Waals surface area contributed by atoms with Gasteiger partial charge in [-0.1, -0.05) is 24.3 Å². The highest BCUT2D eigenvalue weighted by Gasteiger charge is 2.09. The van der Waals surface area contributed by atoms with Gasteiger partial charge in [-0.15, -0.1) is 0 Å². The summed E-state index contributed by atoms with van der Waals surface area (Å²) in [6.07, 6.45) is 0. The first-order valence-electron chi connectivity index (χ1n) is 5.35. The minimum absolute atomic E-state index is 0.0582. The van der Waals surface area contributed by atoms with E-state index in [1.165, 1.54) is 0 Å². The summed E-state index contributed by atoms with van der Waals surface area (Å²) in [6, 6.07) is 12.3. The van der Waals surface area contributed by atoms with E-state index in [2.05, 4.69) is 0 Å². The summed E-state index contributed by atoms with van der Waals surface area (Å²) in [7, 11) is 0. The van der Waals surface area contributed by atoms with Gasteiger partial charge >= 0.3 is 0 Å². The predicted molar refractivity (Wildman–Crippen MR) is 65.9 cm³/mol. The Kier molecular flexibility index (Phi) is 2.20. The van der Waals surface area contributed by atoms with Crippen molar-refractivity contribution in [3.63, 3.8) is 0 Å². The Balaban J connectivity index is 2.59. The molecule has 3 nitrogen and oxygen atoms in total. The molecule has 0 bridgehead atoms. The quantitative estimate of drug-likeness (QED) is 0.648. The van der Waals surface area contributed by atoms with E-state index in [9.17, 15) is 9.90 Å². The Labute approximate surface area is 96.9 Å². The van der Waals surface area contributed by atoms with Gasteiger partial charge < -0.3 is 9.52 Å². The molecular formula is C14H10O3. The molecule has 2 aromatic carbocycles. The Morgan fingerprint density at radius 1 is 1.00 bits per heavy atom. The van der Waals surface area contributed by atoms with Crippen molar-refractivity contribution in [1.29, 1.82) is 0 Å². The maximum atomic E-state index is 12.2. The molecule has 3 aromatic rings. The fourth-order valence-corrected chi connectivity index (χ4v) is 2.01. The molecule has 0 spiro atoms. The first-order chi connectivity index (χ1) is 8.31. The lowest BCUT2D eigenvalue weighted by Gasteiger charge is -2.04. The lowest BCUT2D eigenvalue weighted by atomic mass is 10.1. The van der Waals surface area contributed by atoms with Crippen LogP contribution in [0.3, 0.4) is 0 Å². The molecule has 0 aliphatic rings. The zero-order chi connectivity index (χ0) is 11.8. The molecule has 0 radical (unpaired) electrons. The first-order valence-corrected chi connectivity index (χ1v) is 5.35. The van der Waals surface area contributed by atoms with E-state index >= 15 is 0 Å². The minimum Gasteiger partial charge on any atom is -0.455 e. The molecule has 0 unspecified atom stereocenters. The average molecular weight is 226 g/mol. The van der Waals surface area contributed by atoms with E-state index in [0.717, 1.165) is 0 Å². The third kappa shape index (κ3) is 1.44. The van der Waals surface area contributed by atoms with Gasteiger partial charge in [-0.05, 0) is 18.2 Å². The molecule has 84 valence electrons. The van der Waals surface area contributed by atoms with Crippen molar-refractivity contribution >= 4 is 21.9 Å². The molecular weight excluding hydrogens is 216 g/mol. The van der Waals surface area contributed by atoms with Crippen LogP contribution >= 0.6 is 0 Å². The maximum Gasteiger partial charge on any atom is 0.200 e. The number of aliphatic hydroxyl groups excluding tert-OH is 1. The molecule has 3 rings (SSSR count). The average Bonchev–Trinajstić information content (AvgIpc) is 2.38. The molecule has 3 heteroatoms. The monoisotopic (exact) mass is 226 g/mol. The van der Waals surface area contributed by atoms with Gasteiger partial charge in [0.2, 0.25) is 5.43 Å². The van der Waals surface area contributed by atoms with E-state index in [-0.39, 0.29) is 12.0 Å². The Hall–Kier alpha value is -2.13. The third-order valence-corrected chi connectivity index (χ3v) is 2.86. The lowest BCUT2D eigenvalue weighted by Crippen LogP contribution is -2.03. The van der Waals surface area contributed by atoms with Gasteiger partial charge in [0, 0.05) is 5.56 Å². The van der Waals surface area contributed by atoms with E-state index < -0.39 is 0 Å². The Bertz CT molecular complexity index is 756. The summed E-state index contributed by atoms with van der Waals surface area (Å²) in [6.45, 7) is -0.140. The molecule has 0 atom stereocenters. The van der Waals surface area contributed by atoms with Crippen molar-refractivity contribution in [2.75, 3.05) is 0 Å². The number of benzene rings is 2. The third-order valence-electron chi connectivity index (χ3n) is 2.86. The Morgan fingerprint density at radius 3 is 2.59 bits per heavy atom. The smallest absolute Gasteiger partial charge is 0.200 e. The number of hydrogen-bond donors (Lipinski definition) is 1. The Morgan fingerprint density at radius 2 is 1.76 bits per heavy atom. The highest BCUT2D eigenvalue weighted by Crippen LogP contribution is 2.21. The summed E-state index contributed by atoms with van der Waals surface area (Å²) < 4.78 is 5.69. The normalized spacial score (nSPS) is 11.1. The SMILES string of the molecule is O=c1c2ccccc2oc2c(CO)cccc12. The standard InChI is InChI=1S/C14H10O3/c15-8-9-4-3-6-11-13(16)10-5-1-2-7-12(10)17-14(9)11/h1-7,15H,8H2. The lowest BCUT2D eigenvalue weighted by molar-refractivity contribution is 0.282. The van der Waals surface area contributed by atoms with Crippen LogP contribution in [0, 0.1) is 0 Å². The molecule has 0 amide bonds. The summed E-state index contributed by atoms with van der Waals surface area (Å²) in [5.74, 6) is 0. The van der Waals surface area contributed by atoms with Gasteiger partial charge in [-0.2, -0.15) is 0 Å². The molecule has 0 aliphatic heterocycles. The highest BCUT2D eigenvalue weighted by molar-refractivity contribution is 5.90. The summed E-state index contributed by atoms with van der Waals surface area (Å²) >= 11 is 0. The molecule has 0 fully saturated rings. The number of hydrogen-bond acceptors (Lipinski definition) is 3. The second-order valence-corrected chi connectivity index (χ2v) is 3.88. The van der Waals surface area contributed by atoms with Gasteiger partial charge in [0.05, 0.1) is 17.4 Å². The number of para-hydroxylation sites is 2. The molecule has 0 saturated heterocycles. The van der Waals surface area contributed by atoms with E-state index in [0.29, 0.717) is 27.5 Å². The summed E-state index contributed by atoms with van der Waals surface area (Å²) in [4.78, 5) is 12.2. The minimum atomic E-state index is -0.140. The fourth-order valence-electron chi connectivity index (χ4n) is 2.01. The first kappa shape index (κ1) is 10.1. The van der Waals surface area contributed by atoms with Crippen molar-refractivity contribution in [3.05, 3.63) is 58.3 Å². The van der Waals surface area contributed by atoms with Gasteiger partial charge in [0.25, 0.3) is 0 Å². The van der Waals surface area contributed by atoms with E-state index in [4.69, 9.17) is 4.42 Å². The van der Waals surface area contributed by atoms with E-state index in [1.54, 1.807) is 36.4 Å². The van der Waals surface area contributed by atoms with E-state index in [1.807, 2.05) is 6.07 Å². The molecule has 1 heterocycles. The van der Waals surface area contributed by atoms with Gasteiger partial charge in [-0.25, -0.2) is 0 Å². The zero-order valence-electron chi connectivity index (χ0n) is 9.01. The van der Waals surface area contributed by atoms with Gasteiger partial charge in [0.15, 0.2) is 0 Å². The second kappa shape index (κ2) is 3.71. The largest absolute Gasteiger partial charge is 0.455 e. The predicted octanol–water partition coefficient (Wildman–Crippen LogP) is 2.44. The molecule has 0 aliphatic carbocycles. The zero-order valence-corrected chi connectivity index (χ0v) is 9.01. The van der Waals surface area contributed by atoms with Crippen LogP contribution in [-0.4, -0.2) is 5.11 Å².